The van der Waals surface area contributed by atoms with Crippen molar-refractivity contribution in [2.75, 3.05) is 26.2 Å². The molecule has 4 rings (SSSR count). The third-order valence-corrected chi connectivity index (χ3v) is 6.06. The molecule has 3 atom stereocenters. The van der Waals surface area contributed by atoms with Crippen LogP contribution in [0.5, 0.6) is 0 Å². The Morgan fingerprint density at radius 2 is 1.58 bits per heavy atom. The van der Waals surface area contributed by atoms with Crippen molar-refractivity contribution in [3.05, 3.63) is 35.9 Å². The van der Waals surface area contributed by atoms with Gasteiger partial charge in [-0.15, -0.1) is 24.8 Å². The topological polar surface area (TPSA) is 32.8 Å². The zero-order chi connectivity index (χ0) is 16.4. The second-order valence-corrected chi connectivity index (χ2v) is 7.54. The van der Waals surface area contributed by atoms with E-state index in [1.807, 2.05) is 30.3 Å². The van der Waals surface area contributed by atoms with Crippen LogP contribution >= 0.6 is 24.8 Å². The first-order valence-corrected chi connectivity index (χ1v) is 9.50. The van der Waals surface area contributed by atoms with Crippen molar-refractivity contribution in [3.63, 3.8) is 0 Å². The number of carbonyl (C=O) groups is 1. The lowest BCUT2D eigenvalue weighted by molar-refractivity contribution is -0.152. The normalized spacial score (nSPS) is 28.7. The first kappa shape index (κ1) is 21.5. The van der Waals surface area contributed by atoms with E-state index in [9.17, 15) is 4.79 Å². The third-order valence-electron chi connectivity index (χ3n) is 6.06. The zero-order valence-corrected chi connectivity index (χ0v) is 16.9. The van der Waals surface area contributed by atoms with Gasteiger partial charge in [0.2, 0.25) is 0 Å². The average molecular weight is 401 g/mol. The van der Waals surface area contributed by atoms with Gasteiger partial charge in [0.05, 0.1) is 12.1 Å². The van der Waals surface area contributed by atoms with Gasteiger partial charge in [0.15, 0.2) is 0 Å². The Balaban J connectivity index is 0.00000121. The van der Waals surface area contributed by atoms with Crippen LogP contribution in [0.15, 0.2) is 30.3 Å². The third kappa shape index (κ3) is 4.72. The minimum absolute atomic E-state index is 0. The maximum absolute atomic E-state index is 12.3. The van der Waals surface area contributed by atoms with Gasteiger partial charge in [-0.1, -0.05) is 30.3 Å². The summed E-state index contributed by atoms with van der Waals surface area (Å²) in [6, 6.07) is 9.95. The van der Waals surface area contributed by atoms with Crippen LogP contribution in [-0.2, 0) is 16.1 Å². The van der Waals surface area contributed by atoms with Gasteiger partial charge in [0.25, 0.3) is 0 Å². The van der Waals surface area contributed by atoms with E-state index in [2.05, 4.69) is 9.80 Å². The number of likely N-dealkylation sites (tertiary alicyclic amines) is 1. The van der Waals surface area contributed by atoms with E-state index < -0.39 is 0 Å². The van der Waals surface area contributed by atoms with Crippen molar-refractivity contribution in [2.24, 2.45) is 11.8 Å². The Bertz CT molecular complexity index is 548. The van der Waals surface area contributed by atoms with Crippen LogP contribution in [0.4, 0.5) is 0 Å². The number of fused-ring (bicyclic) bond motifs is 2. The second-order valence-electron chi connectivity index (χ2n) is 7.54. The fraction of sp³-hybridized carbons (Fsp3) is 0.650. The number of nitrogens with zero attached hydrogens (tertiary/aromatic N) is 2. The van der Waals surface area contributed by atoms with Crippen molar-refractivity contribution in [2.45, 2.75) is 44.9 Å². The SMILES string of the molecule is Cl.Cl.O=C(OCc1ccccc1)C1CCN(C2C3CCCN2CC3)CC1. The fourth-order valence-electron chi connectivity index (χ4n) is 4.78. The van der Waals surface area contributed by atoms with Crippen LogP contribution < -0.4 is 0 Å². The van der Waals surface area contributed by atoms with Crippen molar-refractivity contribution in [3.8, 4) is 0 Å². The highest BCUT2D eigenvalue weighted by molar-refractivity contribution is 5.85. The van der Waals surface area contributed by atoms with E-state index in [0.29, 0.717) is 12.8 Å². The number of piperidine rings is 2. The molecule has 1 aromatic carbocycles. The molecule has 1 aromatic rings. The molecule has 3 heterocycles. The highest BCUT2D eigenvalue weighted by Gasteiger charge is 2.42. The molecule has 0 amide bonds. The molecule has 0 saturated carbocycles. The molecule has 0 aromatic heterocycles. The molecule has 3 aliphatic rings. The number of carbonyl (C=O) groups excluding carboxylic acids is 1. The molecule has 146 valence electrons. The Morgan fingerprint density at radius 3 is 2.27 bits per heavy atom. The monoisotopic (exact) mass is 400 g/mol. The van der Waals surface area contributed by atoms with Crippen LogP contribution in [-0.4, -0.2) is 48.1 Å². The van der Waals surface area contributed by atoms with Crippen molar-refractivity contribution < 1.29 is 9.53 Å². The number of halogens is 2. The van der Waals surface area contributed by atoms with E-state index in [4.69, 9.17) is 4.74 Å². The molecule has 2 bridgehead atoms. The molecule has 3 fully saturated rings. The van der Waals surface area contributed by atoms with Crippen LogP contribution in [0.1, 0.15) is 37.7 Å². The van der Waals surface area contributed by atoms with Gasteiger partial charge in [-0.05, 0) is 50.1 Å². The molecule has 0 N–H and O–H groups in total. The Kier molecular flexibility index (Phi) is 8.21. The Hall–Kier alpha value is -0.810. The van der Waals surface area contributed by atoms with Gasteiger partial charge in [0, 0.05) is 19.6 Å². The Labute approximate surface area is 169 Å². The van der Waals surface area contributed by atoms with E-state index in [-0.39, 0.29) is 36.7 Å². The van der Waals surface area contributed by atoms with Gasteiger partial charge in [0.1, 0.15) is 6.61 Å². The lowest BCUT2D eigenvalue weighted by Crippen LogP contribution is -2.53. The van der Waals surface area contributed by atoms with Crippen LogP contribution in [0.3, 0.4) is 0 Å². The van der Waals surface area contributed by atoms with Gasteiger partial charge in [-0.2, -0.15) is 0 Å². The number of benzene rings is 1. The first-order chi connectivity index (χ1) is 11.8. The number of hydrogen-bond donors (Lipinski definition) is 0. The van der Waals surface area contributed by atoms with Crippen LogP contribution in [0.25, 0.3) is 0 Å². The van der Waals surface area contributed by atoms with Crippen LogP contribution in [0.2, 0.25) is 0 Å². The molecule has 3 aliphatic heterocycles. The van der Waals surface area contributed by atoms with Gasteiger partial charge in [-0.3, -0.25) is 14.6 Å². The van der Waals surface area contributed by atoms with Gasteiger partial charge < -0.3 is 4.74 Å². The summed E-state index contributed by atoms with van der Waals surface area (Å²) in [5.74, 6) is 0.937. The summed E-state index contributed by atoms with van der Waals surface area (Å²) >= 11 is 0. The molecule has 0 radical (unpaired) electrons. The molecular formula is C20H30Cl2N2O2. The number of ether oxygens (including phenoxy) is 1. The van der Waals surface area contributed by atoms with Crippen molar-refractivity contribution in [1.82, 2.24) is 9.80 Å². The molecule has 3 unspecified atom stereocenters. The lowest BCUT2D eigenvalue weighted by Gasteiger charge is -2.44. The van der Waals surface area contributed by atoms with Gasteiger partial charge >= 0.3 is 5.97 Å². The van der Waals surface area contributed by atoms with Crippen molar-refractivity contribution in [1.29, 1.82) is 0 Å². The predicted molar refractivity (Wildman–Crippen MR) is 108 cm³/mol. The number of esters is 1. The highest BCUT2D eigenvalue weighted by atomic mass is 35.5. The minimum Gasteiger partial charge on any atom is -0.461 e. The largest absolute Gasteiger partial charge is 0.461 e. The summed E-state index contributed by atoms with van der Waals surface area (Å²) in [5.41, 5.74) is 1.06. The summed E-state index contributed by atoms with van der Waals surface area (Å²) in [5, 5.41) is 0. The van der Waals surface area contributed by atoms with Gasteiger partial charge in [-0.25, -0.2) is 0 Å². The second kappa shape index (κ2) is 9.93. The quantitative estimate of drug-likeness (QED) is 0.720. The smallest absolute Gasteiger partial charge is 0.309 e. The zero-order valence-electron chi connectivity index (χ0n) is 15.2. The summed E-state index contributed by atoms with van der Waals surface area (Å²) in [6.45, 7) is 5.03. The van der Waals surface area contributed by atoms with Crippen molar-refractivity contribution >= 4 is 30.8 Å². The molecule has 0 spiro atoms. The number of rotatable bonds is 4. The molecule has 6 heteroatoms. The van der Waals surface area contributed by atoms with E-state index in [1.54, 1.807) is 0 Å². The van der Waals surface area contributed by atoms with E-state index in [1.165, 1.54) is 32.4 Å². The molecule has 26 heavy (non-hydrogen) atoms. The lowest BCUT2D eigenvalue weighted by atomic mass is 9.92. The summed E-state index contributed by atoms with van der Waals surface area (Å²) < 4.78 is 5.53. The first-order valence-electron chi connectivity index (χ1n) is 9.50. The summed E-state index contributed by atoms with van der Waals surface area (Å²) in [7, 11) is 0. The molecular weight excluding hydrogens is 371 g/mol. The average Bonchev–Trinajstić information content (AvgIpc) is 2.89. The predicted octanol–water partition coefficient (Wildman–Crippen LogP) is 3.73. The standard InChI is InChI=1S/C20H28N2O2.2ClH/c23-20(24-15-16-5-2-1-3-6-16)18-9-13-22(14-10-18)19-17-7-4-11-21(19)12-8-17;;/h1-3,5-6,17-19H,4,7-15H2;2*1H. The van der Waals surface area contributed by atoms with E-state index >= 15 is 0 Å². The van der Waals surface area contributed by atoms with Crippen LogP contribution in [0, 0.1) is 11.8 Å². The maximum Gasteiger partial charge on any atom is 0.309 e. The highest BCUT2D eigenvalue weighted by Crippen LogP contribution is 2.36. The van der Waals surface area contributed by atoms with E-state index in [0.717, 1.165) is 37.4 Å². The Morgan fingerprint density at radius 1 is 0.923 bits per heavy atom. The maximum atomic E-state index is 12.3. The summed E-state index contributed by atoms with van der Waals surface area (Å²) in [4.78, 5) is 17.6. The molecule has 3 saturated heterocycles. The minimum atomic E-state index is -0.00887. The molecule has 0 aliphatic carbocycles. The fourth-order valence-corrected chi connectivity index (χ4v) is 4.78. The molecule has 4 nitrogen and oxygen atoms in total. The number of hydrogen-bond acceptors (Lipinski definition) is 4. The summed E-state index contributed by atoms with van der Waals surface area (Å²) in [6.07, 6.45) is 6.67.